The Kier molecular flexibility index (Phi) is 7.68. The number of nitrogens with zero attached hydrogens (tertiary/aromatic N) is 3. The van der Waals surface area contributed by atoms with Gasteiger partial charge in [0.25, 0.3) is 11.5 Å². The van der Waals surface area contributed by atoms with Gasteiger partial charge in [-0.25, -0.2) is 4.39 Å². The van der Waals surface area contributed by atoms with Gasteiger partial charge in [0.2, 0.25) is 5.91 Å². The minimum absolute atomic E-state index is 0.0157. The molecule has 39 heavy (non-hydrogen) atoms. The highest BCUT2D eigenvalue weighted by molar-refractivity contribution is 6.74. The number of aromatic nitrogens is 2. The number of carbonyl (C=O) groups is 2. The number of hydrogen-bond acceptors (Lipinski definition) is 6. The second-order valence-electron chi connectivity index (χ2n) is 11.3. The molecule has 3 heterocycles. The summed E-state index contributed by atoms with van der Waals surface area (Å²) in [6, 6.07) is 5.98. The minimum Gasteiger partial charge on any atom is -0.505 e. The van der Waals surface area contributed by atoms with Crippen molar-refractivity contribution in [3.63, 3.8) is 0 Å². The molecule has 0 aliphatic carbocycles. The quantitative estimate of drug-likeness (QED) is 0.338. The van der Waals surface area contributed by atoms with Gasteiger partial charge in [-0.15, -0.1) is 0 Å². The second kappa shape index (κ2) is 10.5. The van der Waals surface area contributed by atoms with Crippen LogP contribution in [-0.2, 0) is 22.2 Å². The first-order valence-electron chi connectivity index (χ1n) is 12.9. The Labute approximate surface area is 227 Å². The van der Waals surface area contributed by atoms with Crippen LogP contribution in [0.1, 0.15) is 49.2 Å². The first kappa shape index (κ1) is 28.4. The van der Waals surface area contributed by atoms with Crippen LogP contribution in [0, 0.1) is 5.82 Å². The minimum atomic E-state index is -2.01. The van der Waals surface area contributed by atoms with E-state index < -0.39 is 31.1 Å². The fourth-order valence-corrected chi connectivity index (χ4v) is 5.53. The summed E-state index contributed by atoms with van der Waals surface area (Å²) < 4.78 is 20.9. The molecular weight excluding hydrogens is 519 g/mol. The summed E-state index contributed by atoms with van der Waals surface area (Å²) in [7, 11) is -2.01. The van der Waals surface area contributed by atoms with Crippen molar-refractivity contribution < 1.29 is 23.5 Å². The lowest BCUT2D eigenvalue weighted by atomic mass is 10.0. The van der Waals surface area contributed by atoms with E-state index in [9.17, 15) is 23.9 Å². The van der Waals surface area contributed by atoms with Crippen LogP contribution >= 0.6 is 0 Å². The fourth-order valence-electron chi connectivity index (χ4n) is 4.49. The molecule has 9 nitrogen and oxygen atoms in total. The van der Waals surface area contributed by atoms with Gasteiger partial charge in [-0.05, 0) is 35.8 Å². The van der Waals surface area contributed by atoms with E-state index >= 15 is 0 Å². The van der Waals surface area contributed by atoms with Gasteiger partial charge in [0, 0.05) is 44.7 Å². The van der Waals surface area contributed by atoms with Crippen molar-refractivity contribution in [3.8, 4) is 5.75 Å². The molecule has 0 saturated carbocycles. The highest BCUT2D eigenvalue weighted by Gasteiger charge is 2.37. The van der Waals surface area contributed by atoms with Crippen LogP contribution < -0.4 is 15.8 Å². The maximum absolute atomic E-state index is 13.5. The van der Waals surface area contributed by atoms with Crippen LogP contribution in [0.3, 0.4) is 0 Å². The van der Waals surface area contributed by atoms with Gasteiger partial charge in [0.1, 0.15) is 16.9 Å². The third-order valence-corrected chi connectivity index (χ3v) is 12.2. The molecule has 0 saturated heterocycles. The lowest BCUT2D eigenvalue weighted by molar-refractivity contribution is -0.116. The van der Waals surface area contributed by atoms with E-state index in [4.69, 9.17) is 4.43 Å². The summed E-state index contributed by atoms with van der Waals surface area (Å²) in [6.45, 7) is 12.8. The van der Waals surface area contributed by atoms with E-state index in [2.05, 4.69) is 44.2 Å². The summed E-state index contributed by atoms with van der Waals surface area (Å²) in [4.78, 5) is 45.1. The zero-order chi connectivity index (χ0) is 28.7. The van der Waals surface area contributed by atoms with Gasteiger partial charge >= 0.3 is 0 Å². The van der Waals surface area contributed by atoms with Crippen molar-refractivity contribution in [1.29, 1.82) is 0 Å². The molecule has 0 unspecified atom stereocenters. The second-order valence-corrected chi connectivity index (χ2v) is 16.2. The molecule has 208 valence electrons. The number of benzene rings is 1. The lowest BCUT2D eigenvalue weighted by Gasteiger charge is -2.36. The summed E-state index contributed by atoms with van der Waals surface area (Å²) >= 11 is 0. The molecule has 1 aliphatic rings. The Morgan fingerprint density at radius 3 is 2.46 bits per heavy atom. The normalized spacial score (nSPS) is 13.6. The zero-order valence-corrected chi connectivity index (χ0v) is 24.2. The van der Waals surface area contributed by atoms with Gasteiger partial charge in [-0.3, -0.25) is 19.4 Å². The van der Waals surface area contributed by atoms with Gasteiger partial charge in [-0.1, -0.05) is 32.9 Å². The van der Waals surface area contributed by atoms with Crippen LogP contribution in [0.25, 0.3) is 11.0 Å². The van der Waals surface area contributed by atoms with Crippen LogP contribution in [-0.4, -0.2) is 54.5 Å². The number of pyridine rings is 2. The average molecular weight is 555 g/mol. The Morgan fingerprint density at radius 2 is 1.85 bits per heavy atom. The third kappa shape index (κ3) is 5.46. The summed E-state index contributed by atoms with van der Waals surface area (Å²) in [6.07, 6.45) is 1.85. The molecule has 3 aromatic rings. The monoisotopic (exact) mass is 554 g/mol. The molecule has 0 fully saturated rings. The highest BCUT2D eigenvalue weighted by atomic mass is 28.4. The van der Waals surface area contributed by atoms with Gasteiger partial charge in [0.15, 0.2) is 14.1 Å². The van der Waals surface area contributed by atoms with Crippen molar-refractivity contribution >= 4 is 36.9 Å². The van der Waals surface area contributed by atoms with Crippen molar-refractivity contribution in [2.45, 2.75) is 58.8 Å². The fraction of sp³-hybridized carbons (Fsp3) is 0.429. The van der Waals surface area contributed by atoms with E-state index in [-0.39, 0.29) is 54.0 Å². The predicted molar refractivity (Wildman–Crippen MR) is 150 cm³/mol. The molecule has 2 N–H and O–H groups in total. The van der Waals surface area contributed by atoms with Gasteiger partial charge in [0.05, 0.1) is 17.8 Å². The molecule has 0 bridgehead atoms. The van der Waals surface area contributed by atoms with Crippen LogP contribution in [0.5, 0.6) is 5.75 Å². The summed E-state index contributed by atoms with van der Waals surface area (Å²) in [5, 5.41) is 13.8. The number of carbonyl (C=O) groups excluding carboxylic acids is 2. The molecule has 1 aliphatic heterocycles. The van der Waals surface area contributed by atoms with Crippen LogP contribution in [0.4, 0.5) is 10.1 Å². The molecule has 0 spiro atoms. The smallest absolute Gasteiger partial charge is 0.267 e. The first-order chi connectivity index (χ1) is 18.2. The summed E-state index contributed by atoms with van der Waals surface area (Å²) in [5.74, 6) is -1.84. The van der Waals surface area contributed by atoms with E-state index in [1.165, 1.54) is 29.8 Å². The number of nitrogens with one attached hydrogen (secondary N) is 1. The molecule has 1 aromatic carbocycles. The highest BCUT2D eigenvalue weighted by Crippen LogP contribution is 2.38. The average Bonchev–Trinajstić information content (AvgIpc) is 2.86. The van der Waals surface area contributed by atoms with Gasteiger partial charge in [-0.2, -0.15) is 0 Å². The molecular formula is C28H35FN4O5Si. The van der Waals surface area contributed by atoms with E-state index in [1.807, 2.05) is 0 Å². The predicted octanol–water partition coefficient (Wildman–Crippen LogP) is 3.95. The Bertz CT molecular complexity index is 1500. The Hall–Kier alpha value is -3.57. The maximum Gasteiger partial charge on any atom is 0.267 e. The van der Waals surface area contributed by atoms with Crippen molar-refractivity contribution in [1.82, 2.24) is 14.9 Å². The van der Waals surface area contributed by atoms with Crippen LogP contribution in [0.2, 0.25) is 18.1 Å². The van der Waals surface area contributed by atoms with E-state index in [0.29, 0.717) is 17.7 Å². The maximum atomic E-state index is 13.5. The molecule has 0 radical (unpaired) electrons. The molecule has 2 aromatic heterocycles. The number of aromatic hydroxyl groups is 1. The SMILES string of the molecule is CC(=O)N1CCn2c(=O)c(C(=O)NCCO[Si](C)(C)C(C)(C)C)c(O)c3ncc(Cc4ccc(F)cc4)c1c32. The van der Waals surface area contributed by atoms with Crippen molar-refractivity contribution in [2.24, 2.45) is 0 Å². The molecule has 4 rings (SSSR count). The van der Waals surface area contributed by atoms with E-state index in [0.717, 1.165) is 5.56 Å². The Morgan fingerprint density at radius 1 is 1.18 bits per heavy atom. The molecule has 2 amide bonds. The zero-order valence-electron chi connectivity index (χ0n) is 23.2. The van der Waals surface area contributed by atoms with Crippen LogP contribution in [0.15, 0.2) is 35.3 Å². The largest absolute Gasteiger partial charge is 0.505 e. The van der Waals surface area contributed by atoms with Crippen molar-refractivity contribution in [2.75, 3.05) is 24.6 Å². The first-order valence-corrected chi connectivity index (χ1v) is 15.9. The number of hydrogen-bond donors (Lipinski definition) is 2. The number of halogens is 1. The number of amides is 2. The van der Waals surface area contributed by atoms with Gasteiger partial charge < -0.3 is 24.3 Å². The lowest BCUT2D eigenvalue weighted by Crippen LogP contribution is -2.44. The summed E-state index contributed by atoms with van der Waals surface area (Å²) in [5.41, 5.74) is 1.17. The number of rotatable bonds is 7. The van der Waals surface area contributed by atoms with Crippen molar-refractivity contribution in [3.05, 3.63) is 63.3 Å². The topological polar surface area (TPSA) is 114 Å². The van der Waals surface area contributed by atoms with E-state index in [1.54, 1.807) is 17.0 Å². The third-order valence-electron chi connectivity index (χ3n) is 7.68. The Balaban J connectivity index is 1.71. The standard InChI is InChI=1S/C28H35FN4O5Si/c1-17(34)32-12-13-33-24-22(31-16-19(23(24)32)15-18-7-9-20(29)10-8-18)25(35)21(27(33)37)26(36)30-11-14-38-39(5,6)28(2,3)4/h7-10,16,35H,11-15H2,1-6H3,(H,30,36). The molecule has 0 atom stereocenters. The number of anilines is 1. The molecule has 11 heteroatoms.